The number of furan rings is 1. The number of nitrogens with zero attached hydrogens (tertiary/aromatic N) is 3. The number of hydrogen-bond donors (Lipinski definition) is 0. The van der Waals surface area contributed by atoms with Crippen molar-refractivity contribution in [2.45, 2.75) is 0 Å². The maximum absolute atomic E-state index is 6.45. The number of rotatable bonds is 6. The molecule has 4 nitrogen and oxygen atoms in total. The molecule has 0 saturated carbocycles. The number of aromatic nitrogens is 2. The van der Waals surface area contributed by atoms with Crippen molar-refractivity contribution in [1.82, 2.24) is 9.13 Å². The number of anilines is 3. The maximum Gasteiger partial charge on any atom is 0.137 e. The van der Waals surface area contributed by atoms with Gasteiger partial charge >= 0.3 is 0 Å². The molecule has 0 unspecified atom stereocenters. The molecule has 4 heteroatoms. The van der Waals surface area contributed by atoms with Crippen LogP contribution in [-0.4, -0.2) is 9.13 Å². The third-order valence-electron chi connectivity index (χ3n) is 12.7. The summed E-state index contributed by atoms with van der Waals surface area (Å²) in [7, 11) is 0. The molecule has 10 aromatic carbocycles. The summed E-state index contributed by atoms with van der Waals surface area (Å²) in [6, 6.07) is 80.9. The molecule has 13 aromatic rings. The Balaban J connectivity index is 0.950. The van der Waals surface area contributed by atoms with Crippen LogP contribution in [-0.2, 0) is 0 Å². The fraction of sp³-hybridized carbons (Fsp3) is 0. The van der Waals surface area contributed by atoms with E-state index in [0.717, 1.165) is 61.5 Å². The normalized spacial score (nSPS) is 11.9. The lowest BCUT2D eigenvalue weighted by Gasteiger charge is -2.26. The van der Waals surface area contributed by atoms with Crippen molar-refractivity contribution in [1.29, 1.82) is 0 Å². The SMILES string of the molecule is c1ccc(-n2c3ccccc3c3cc(N(c4ccc(-c5ccc(-n6c7ccccc7c7ccc8ccccc8c76)cc5)cc4)c4cccc5oc6ccccc6c45)ccc32)cc1. The van der Waals surface area contributed by atoms with Crippen molar-refractivity contribution >= 4 is 93.4 Å². The van der Waals surface area contributed by atoms with E-state index in [1.165, 1.54) is 54.4 Å². The molecule has 0 fully saturated rings. The van der Waals surface area contributed by atoms with E-state index in [1.54, 1.807) is 0 Å². The highest BCUT2D eigenvalue weighted by molar-refractivity contribution is 6.19. The molecule has 3 aromatic heterocycles. The number of fused-ring (bicyclic) bond motifs is 11. The molecule has 0 aliphatic heterocycles. The molecule has 290 valence electrons. The van der Waals surface area contributed by atoms with E-state index in [1.807, 2.05) is 6.07 Å². The first-order valence-electron chi connectivity index (χ1n) is 21.2. The molecule has 0 aliphatic rings. The Kier molecular flexibility index (Phi) is 7.57. The monoisotopic (exact) mass is 791 g/mol. The van der Waals surface area contributed by atoms with E-state index in [9.17, 15) is 0 Å². The van der Waals surface area contributed by atoms with Crippen LogP contribution in [0.1, 0.15) is 0 Å². The fourth-order valence-electron chi connectivity index (χ4n) is 9.93. The molecule has 0 radical (unpaired) electrons. The van der Waals surface area contributed by atoms with Gasteiger partial charge in [0.05, 0.1) is 33.1 Å². The molecule has 0 amide bonds. The van der Waals surface area contributed by atoms with Crippen LogP contribution in [0, 0.1) is 0 Å². The third kappa shape index (κ3) is 5.20. The third-order valence-corrected chi connectivity index (χ3v) is 12.7. The predicted octanol–water partition coefficient (Wildman–Crippen LogP) is 16.1. The zero-order valence-electron chi connectivity index (χ0n) is 33.6. The fourth-order valence-corrected chi connectivity index (χ4v) is 9.93. The lowest BCUT2D eigenvalue weighted by molar-refractivity contribution is 0.669. The zero-order valence-corrected chi connectivity index (χ0v) is 33.6. The molecule has 0 bridgehead atoms. The van der Waals surface area contributed by atoms with Gasteiger partial charge < -0.3 is 18.5 Å². The number of benzene rings is 10. The maximum atomic E-state index is 6.45. The van der Waals surface area contributed by atoms with Crippen LogP contribution in [0.2, 0.25) is 0 Å². The van der Waals surface area contributed by atoms with E-state index in [2.05, 4.69) is 232 Å². The first-order valence-corrected chi connectivity index (χ1v) is 21.2. The molecular formula is C58H37N3O. The summed E-state index contributed by atoms with van der Waals surface area (Å²) in [5.74, 6) is 0. The average molecular weight is 792 g/mol. The van der Waals surface area contributed by atoms with Gasteiger partial charge in [0, 0.05) is 55.1 Å². The topological polar surface area (TPSA) is 26.2 Å². The van der Waals surface area contributed by atoms with Crippen LogP contribution in [0.25, 0.3) is 98.8 Å². The lowest BCUT2D eigenvalue weighted by Crippen LogP contribution is -2.10. The van der Waals surface area contributed by atoms with Crippen LogP contribution in [0.4, 0.5) is 17.1 Å². The molecule has 13 rings (SSSR count). The van der Waals surface area contributed by atoms with Crippen molar-refractivity contribution in [2.75, 3.05) is 4.90 Å². The minimum Gasteiger partial charge on any atom is -0.456 e. The van der Waals surface area contributed by atoms with Crippen LogP contribution >= 0.6 is 0 Å². The van der Waals surface area contributed by atoms with E-state index in [-0.39, 0.29) is 0 Å². The second-order valence-corrected chi connectivity index (χ2v) is 16.1. The van der Waals surface area contributed by atoms with Crippen LogP contribution in [0.15, 0.2) is 229 Å². The Morgan fingerprint density at radius 3 is 1.71 bits per heavy atom. The van der Waals surface area contributed by atoms with Gasteiger partial charge in [0.25, 0.3) is 0 Å². The molecule has 0 N–H and O–H groups in total. The molecule has 0 aliphatic carbocycles. The molecular weight excluding hydrogens is 755 g/mol. The predicted molar refractivity (Wildman–Crippen MR) is 260 cm³/mol. The van der Waals surface area contributed by atoms with Crippen molar-refractivity contribution in [3.8, 4) is 22.5 Å². The van der Waals surface area contributed by atoms with Gasteiger partial charge in [0.1, 0.15) is 11.2 Å². The molecule has 0 atom stereocenters. The van der Waals surface area contributed by atoms with Gasteiger partial charge in [-0.2, -0.15) is 0 Å². The first kappa shape index (κ1) is 34.5. The van der Waals surface area contributed by atoms with Crippen LogP contribution < -0.4 is 4.90 Å². The van der Waals surface area contributed by atoms with E-state index < -0.39 is 0 Å². The van der Waals surface area contributed by atoms with Gasteiger partial charge in [0.2, 0.25) is 0 Å². The van der Waals surface area contributed by atoms with Gasteiger partial charge in [-0.25, -0.2) is 0 Å². The van der Waals surface area contributed by atoms with Gasteiger partial charge in [-0.15, -0.1) is 0 Å². The molecule has 0 saturated heterocycles. The minimum absolute atomic E-state index is 0.864. The quantitative estimate of drug-likeness (QED) is 0.168. The first-order chi connectivity index (χ1) is 30.8. The summed E-state index contributed by atoms with van der Waals surface area (Å²) >= 11 is 0. The summed E-state index contributed by atoms with van der Waals surface area (Å²) in [6.07, 6.45) is 0. The second kappa shape index (κ2) is 13.6. The highest BCUT2D eigenvalue weighted by atomic mass is 16.3. The van der Waals surface area contributed by atoms with Crippen molar-refractivity contribution < 1.29 is 4.42 Å². The molecule has 62 heavy (non-hydrogen) atoms. The summed E-state index contributed by atoms with van der Waals surface area (Å²) < 4.78 is 11.2. The highest BCUT2D eigenvalue weighted by Crippen LogP contribution is 2.45. The Morgan fingerprint density at radius 1 is 0.339 bits per heavy atom. The van der Waals surface area contributed by atoms with Gasteiger partial charge in [0.15, 0.2) is 0 Å². The summed E-state index contributed by atoms with van der Waals surface area (Å²) in [4.78, 5) is 2.39. The number of hydrogen-bond acceptors (Lipinski definition) is 2. The Morgan fingerprint density at radius 2 is 0.919 bits per heavy atom. The van der Waals surface area contributed by atoms with Crippen LogP contribution in [0.5, 0.6) is 0 Å². The van der Waals surface area contributed by atoms with Crippen LogP contribution in [0.3, 0.4) is 0 Å². The summed E-state index contributed by atoms with van der Waals surface area (Å²) in [6.45, 7) is 0. The Hall–Kier alpha value is -8.34. The smallest absolute Gasteiger partial charge is 0.137 e. The van der Waals surface area contributed by atoms with Crippen molar-refractivity contribution in [2.24, 2.45) is 0 Å². The average Bonchev–Trinajstić information content (AvgIpc) is 4.00. The Labute approximate surface area is 357 Å². The zero-order chi connectivity index (χ0) is 40.7. The van der Waals surface area contributed by atoms with Gasteiger partial charge in [-0.3, -0.25) is 0 Å². The molecule has 0 spiro atoms. The summed E-state index contributed by atoms with van der Waals surface area (Å²) in [5, 5.41) is 9.63. The summed E-state index contributed by atoms with van der Waals surface area (Å²) in [5.41, 5.74) is 14.3. The number of para-hydroxylation sites is 4. The van der Waals surface area contributed by atoms with E-state index >= 15 is 0 Å². The second-order valence-electron chi connectivity index (χ2n) is 16.1. The van der Waals surface area contributed by atoms with Gasteiger partial charge in [-0.05, 0) is 101 Å². The largest absolute Gasteiger partial charge is 0.456 e. The van der Waals surface area contributed by atoms with Crippen molar-refractivity contribution in [3.05, 3.63) is 224 Å². The van der Waals surface area contributed by atoms with E-state index in [0.29, 0.717) is 0 Å². The molecule has 3 heterocycles. The highest BCUT2D eigenvalue weighted by Gasteiger charge is 2.22. The minimum atomic E-state index is 0.864. The van der Waals surface area contributed by atoms with E-state index in [4.69, 9.17) is 4.42 Å². The lowest BCUT2D eigenvalue weighted by atomic mass is 10.0. The Bertz CT molecular complexity index is 3850. The standard InChI is InChI=1S/C58H37N3O/c1-2-14-41(15-3-1)60-51-20-9-7-18-47(51)50-37-44(34-36-53(50)60)59(54-22-12-24-56-57(54)49-19-8-11-23-55(49)62-56)42-30-25-38(26-31-42)39-27-32-43(33-28-39)61-52-21-10-6-17-46(52)48-35-29-40-13-4-5-16-45(40)58(48)61/h1-37H. The van der Waals surface area contributed by atoms with Crippen molar-refractivity contribution in [3.63, 3.8) is 0 Å². The van der Waals surface area contributed by atoms with Gasteiger partial charge in [-0.1, -0.05) is 140 Å².